The molecule has 0 bridgehead atoms. The molecule has 6 heteroatoms. The first-order valence-corrected chi connectivity index (χ1v) is 10.1. The van der Waals surface area contributed by atoms with Crippen molar-refractivity contribution in [1.82, 2.24) is 4.90 Å². The van der Waals surface area contributed by atoms with Gasteiger partial charge in [0.25, 0.3) is 0 Å². The lowest BCUT2D eigenvalue weighted by Gasteiger charge is -2.38. The number of halogens is 2. The Hall–Kier alpha value is -1.15. The molecule has 1 aliphatic carbocycles. The SMILES string of the molecule is CN1CCC(N(C(=O)OC(C)(C)C)c2cc(F)cc3c2C=C(I)C3)CC1. The van der Waals surface area contributed by atoms with Gasteiger partial charge in [0.15, 0.2) is 0 Å². The molecule has 4 nitrogen and oxygen atoms in total. The van der Waals surface area contributed by atoms with Crippen LogP contribution in [-0.4, -0.2) is 42.8 Å². The van der Waals surface area contributed by atoms with Gasteiger partial charge in [0.2, 0.25) is 0 Å². The van der Waals surface area contributed by atoms with Crippen LogP contribution in [0.5, 0.6) is 0 Å². The summed E-state index contributed by atoms with van der Waals surface area (Å²) in [6.45, 7) is 7.40. The van der Waals surface area contributed by atoms with Crippen molar-refractivity contribution >= 4 is 40.4 Å². The van der Waals surface area contributed by atoms with Crippen molar-refractivity contribution in [3.05, 3.63) is 32.7 Å². The number of piperidine rings is 1. The second kappa shape index (κ2) is 7.46. The molecule has 2 aliphatic rings. The summed E-state index contributed by atoms with van der Waals surface area (Å²) in [5.74, 6) is -0.306. The Morgan fingerprint density at radius 3 is 2.58 bits per heavy atom. The molecule has 1 aromatic rings. The number of amides is 1. The smallest absolute Gasteiger partial charge is 0.415 e. The van der Waals surface area contributed by atoms with Gasteiger partial charge in [-0.25, -0.2) is 9.18 Å². The fraction of sp³-hybridized carbons (Fsp3) is 0.550. The van der Waals surface area contributed by atoms with Crippen molar-refractivity contribution in [2.75, 3.05) is 25.0 Å². The third-order valence-corrected chi connectivity index (χ3v) is 5.46. The number of allylic oxidation sites excluding steroid dienone is 1. The van der Waals surface area contributed by atoms with E-state index in [1.807, 2.05) is 20.8 Å². The molecule has 1 fully saturated rings. The maximum atomic E-state index is 14.3. The van der Waals surface area contributed by atoms with Crippen molar-refractivity contribution in [2.24, 2.45) is 0 Å². The highest BCUT2D eigenvalue weighted by molar-refractivity contribution is 14.1. The highest BCUT2D eigenvalue weighted by atomic mass is 127. The average molecular weight is 472 g/mol. The zero-order valence-corrected chi connectivity index (χ0v) is 18.0. The number of likely N-dealkylation sites (tertiary alicyclic amines) is 1. The van der Waals surface area contributed by atoms with Crippen LogP contribution in [0.3, 0.4) is 0 Å². The highest BCUT2D eigenvalue weighted by Crippen LogP contribution is 2.38. The first kappa shape index (κ1) is 19.6. The monoisotopic (exact) mass is 472 g/mol. The summed E-state index contributed by atoms with van der Waals surface area (Å²) in [6, 6.07) is 3.06. The molecule has 0 spiro atoms. The molecule has 3 rings (SSSR count). The Morgan fingerprint density at radius 1 is 1.31 bits per heavy atom. The second-order valence-electron chi connectivity index (χ2n) is 8.15. The summed E-state index contributed by atoms with van der Waals surface area (Å²) < 4.78 is 21.2. The Balaban J connectivity index is 2.03. The molecule has 0 radical (unpaired) electrons. The molecule has 142 valence electrons. The molecular formula is C20H26FIN2O2. The Labute approximate surface area is 168 Å². The van der Waals surface area contributed by atoms with E-state index in [-0.39, 0.29) is 11.9 Å². The summed E-state index contributed by atoms with van der Waals surface area (Å²) in [5, 5.41) is 0. The van der Waals surface area contributed by atoms with E-state index in [2.05, 4.69) is 40.6 Å². The van der Waals surface area contributed by atoms with Crippen LogP contribution in [0.15, 0.2) is 15.7 Å². The van der Waals surface area contributed by atoms with Crippen LogP contribution in [0.25, 0.3) is 6.08 Å². The Kier molecular flexibility index (Phi) is 5.63. The number of rotatable bonds is 2. The molecule has 1 aromatic carbocycles. The van der Waals surface area contributed by atoms with E-state index < -0.39 is 11.7 Å². The first-order chi connectivity index (χ1) is 12.1. The summed E-state index contributed by atoms with van der Waals surface area (Å²) in [6.07, 6.45) is 4.08. The van der Waals surface area contributed by atoms with E-state index in [4.69, 9.17) is 4.74 Å². The Morgan fingerprint density at radius 2 is 1.96 bits per heavy atom. The number of benzene rings is 1. The fourth-order valence-corrected chi connectivity index (χ4v) is 4.29. The largest absolute Gasteiger partial charge is 0.443 e. The van der Waals surface area contributed by atoms with Crippen LogP contribution in [0.4, 0.5) is 14.9 Å². The summed E-state index contributed by atoms with van der Waals surface area (Å²) in [5.41, 5.74) is 1.92. The van der Waals surface area contributed by atoms with Gasteiger partial charge in [-0.15, -0.1) is 0 Å². The van der Waals surface area contributed by atoms with Gasteiger partial charge in [0.1, 0.15) is 11.4 Å². The van der Waals surface area contributed by atoms with E-state index in [9.17, 15) is 9.18 Å². The standard InChI is InChI=1S/C20H26FIN2O2/c1-20(2,3)26-19(25)24(16-5-7-23(4)8-6-16)18-11-14(21)9-13-10-15(22)12-17(13)18/h9,11-12,16H,5-8,10H2,1-4H3. The van der Waals surface area contributed by atoms with Crippen molar-refractivity contribution < 1.29 is 13.9 Å². The van der Waals surface area contributed by atoms with Gasteiger partial charge in [0.05, 0.1) is 5.69 Å². The van der Waals surface area contributed by atoms with Gasteiger partial charge >= 0.3 is 6.09 Å². The lowest BCUT2D eigenvalue weighted by Crippen LogP contribution is -2.48. The number of ether oxygens (including phenoxy) is 1. The molecular weight excluding hydrogens is 446 g/mol. The third kappa shape index (κ3) is 4.39. The van der Waals surface area contributed by atoms with Gasteiger partial charge in [-0.2, -0.15) is 0 Å². The predicted octanol–water partition coefficient (Wildman–Crippen LogP) is 4.99. The van der Waals surface area contributed by atoms with Crippen molar-refractivity contribution in [3.63, 3.8) is 0 Å². The van der Waals surface area contributed by atoms with Crippen LogP contribution >= 0.6 is 22.6 Å². The van der Waals surface area contributed by atoms with Gasteiger partial charge in [-0.1, -0.05) is 0 Å². The van der Waals surface area contributed by atoms with E-state index in [1.54, 1.807) is 11.0 Å². The van der Waals surface area contributed by atoms with Gasteiger partial charge in [-0.05, 0) is 104 Å². The zero-order valence-electron chi connectivity index (χ0n) is 15.8. The van der Waals surface area contributed by atoms with Gasteiger partial charge in [0, 0.05) is 18.0 Å². The first-order valence-electron chi connectivity index (χ1n) is 9.03. The molecule has 0 N–H and O–H groups in total. The van der Waals surface area contributed by atoms with E-state index in [0.29, 0.717) is 5.69 Å². The van der Waals surface area contributed by atoms with Gasteiger partial charge < -0.3 is 9.64 Å². The highest BCUT2D eigenvalue weighted by Gasteiger charge is 2.34. The molecule has 0 unspecified atom stereocenters. The summed E-state index contributed by atoms with van der Waals surface area (Å²) in [4.78, 5) is 17.0. The van der Waals surface area contributed by atoms with Crippen LogP contribution in [0, 0.1) is 5.82 Å². The molecule has 1 amide bonds. The van der Waals surface area contributed by atoms with Crippen LogP contribution < -0.4 is 4.90 Å². The number of fused-ring (bicyclic) bond motifs is 1. The molecule has 26 heavy (non-hydrogen) atoms. The van der Waals surface area contributed by atoms with Gasteiger partial charge in [-0.3, -0.25) is 4.90 Å². The summed E-state index contributed by atoms with van der Waals surface area (Å²) >= 11 is 2.27. The van der Waals surface area contributed by atoms with Crippen molar-refractivity contribution in [1.29, 1.82) is 0 Å². The van der Waals surface area contributed by atoms with E-state index >= 15 is 0 Å². The van der Waals surface area contributed by atoms with Crippen molar-refractivity contribution in [2.45, 2.75) is 51.7 Å². The maximum absolute atomic E-state index is 14.3. The lowest BCUT2D eigenvalue weighted by atomic mass is 10.0. The normalized spacial score (nSPS) is 18.5. The number of anilines is 1. The topological polar surface area (TPSA) is 32.8 Å². The van der Waals surface area contributed by atoms with Crippen LogP contribution in [0.2, 0.25) is 0 Å². The number of carbonyl (C=O) groups is 1. The van der Waals surface area contributed by atoms with E-state index in [1.165, 1.54) is 6.07 Å². The number of nitrogens with zero attached hydrogens (tertiary/aromatic N) is 2. The van der Waals surface area contributed by atoms with Crippen molar-refractivity contribution in [3.8, 4) is 0 Å². The molecule has 0 saturated carbocycles. The predicted molar refractivity (Wildman–Crippen MR) is 111 cm³/mol. The molecule has 1 aliphatic heterocycles. The minimum absolute atomic E-state index is 0.0126. The average Bonchev–Trinajstić information content (AvgIpc) is 2.87. The molecule has 1 saturated heterocycles. The second-order valence-corrected chi connectivity index (χ2v) is 9.54. The molecule has 1 heterocycles. The van der Waals surface area contributed by atoms with E-state index in [0.717, 1.165) is 47.1 Å². The number of carbonyl (C=O) groups excluding carboxylic acids is 1. The Bertz CT molecular complexity index is 734. The number of hydrogen-bond donors (Lipinski definition) is 0. The van der Waals surface area contributed by atoms with Crippen LogP contribution in [-0.2, 0) is 11.2 Å². The number of hydrogen-bond acceptors (Lipinski definition) is 3. The minimum atomic E-state index is -0.596. The quantitative estimate of drug-likeness (QED) is 0.569. The molecule has 0 aromatic heterocycles. The van der Waals surface area contributed by atoms with Crippen LogP contribution in [0.1, 0.15) is 44.7 Å². The third-order valence-electron chi connectivity index (χ3n) is 4.77. The molecule has 0 atom stereocenters. The fourth-order valence-electron chi connectivity index (χ4n) is 3.57. The minimum Gasteiger partial charge on any atom is -0.443 e. The lowest BCUT2D eigenvalue weighted by molar-refractivity contribution is 0.0551. The summed E-state index contributed by atoms with van der Waals surface area (Å²) in [7, 11) is 2.08. The zero-order chi connectivity index (χ0) is 19.1. The maximum Gasteiger partial charge on any atom is 0.415 e.